The minimum absolute atomic E-state index is 0.0735. The summed E-state index contributed by atoms with van der Waals surface area (Å²) < 4.78 is -0.146. The number of halogens is 1. The number of hydrogen-bond donors (Lipinski definition) is 1. The van der Waals surface area contributed by atoms with E-state index < -0.39 is 11.4 Å². The molecule has 0 spiro atoms. The van der Waals surface area contributed by atoms with E-state index in [1.165, 1.54) is 11.8 Å². The molecule has 0 fully saturated rings. The average molecular weight is 318 g/mol. The zero-order valence-electron chi connectivity index (χ0n) is 11.6. The van der Waals surface area contributed by atoms with Crippen LogP contribution in [0.25, 0.3) is 0 Å². The van der Waals surface area contributed by atoms with Crippen LogP contribution in [0.3, 0.4) is 0 Å². The van der Waals surface area contributed by atoms with Crippen LogP contribution >= 0.6 is 35.1 Å². The predicted molar refractivity (Wildman–Crippen MR) is 87.1 cm³/mol. The van der Waals surface area contributed by atoms with Gasteiger partial charge in [0.1, 0.15) is 5.38 Å². The fourth-order valence-corrected chi connectivity index (χ4v) is 3.05. The van der Waals surface area contributed by atoms with E-state index in [2.05, 4.69) is 0 Å². The van der Waals surface area contributed by atoms with E-state index in [-0.39, 0.29) is 9.86 Å². The summed E-state index contributed by atoms with van der Waals surface area (Å²) in [5, 5.41) is -0.778. The van der Waals surface area contributed by atoms with Crippen molar-refractivity contribution in [2.45, 2.75) is 41.8 Å². The second kappa shape index (κ2) is 7.02. The van der Waals surface area contributed by atoms with Crippen molar-refractivity contribution in [1.29, 1.82) is 0 Å². The molecule has 1 rings (SSSR count). The first-order valence-corrected chi connectivity index (χ1v) is 8.49. The summed E-state index contributed by atoms with van der Waals surface area (Å²) in [5.74, 6) is 0. The molecular weight excluding hydrogens is 298 g/mol. The Bertz CT molecular complexity index is 428. The van der Waals surface area contributed by atoms with Crippen LogP contribution in [0.2, 0.25) is 0 Å². The molecule has 2 atom stereocenters. The molecule has 0 saturated heterocycles. The predicted octanol–water partition coefficient (Wildman–Crippen LogP) is 4.07. The standard InChI is InChI=1S/C14H20ClNOS2/c1-14(2,3)19-13(17)11(15)12(16)9-5-7-10(18-4)8-6-9/h5-8,11-12H,16H2,1-4H3/t11-,12-/m0/s1. The van der Waals surface area contributed by atoms with Gasteiger partial charge in [0.2, 0.25) is 5.12 Å². The van der Waals surface area contributed by atoms with Gasteiger partial charge in [-0.25, -0.2) is 0 Å². The highest BCUT2D eigenvalue weighted by Gasteiger charge is 2.28. The number of alkyl halides is 1. The van der Waals surface area contributed by atoms with Crippen molar-refractivity contribution in [3.63, 3.8) is 0 Å². The van der Waals surface area contributed by atoms with Gasteiger partial charge in [0.05, 0.1) is 6.04 Å². The Morgan fingerprint density at radius 3 is 2.21 bits per heavy atom. The number of thioether (sulfide) groups is 2. The first kappa shape index (κ1) is 16.9. The van der Waals surface area contributed by atoms with Crippen LogP contribution in [0.4, 0.5) is 0 Å². The van der Waals surface area contributed by atoms with Crippen molar-refractivity contribution in [3.05, 3.63) is 29.8 Å². The quantitative estimate of drug-likeness (QED) is 0.671. The Kier molecular flexibility index (Phi) is 6.24. The van der Waals surface area contributed by atoms with Crippen molar-refractivity contribution in [3.8, 4) is 0 Å². The third-order valence-corrected chi connectivity index (χ3v) is 4.86. The third kappa shape index (κ3) is 5.38. The minimum atomic E-state index is -0.704. The van der Waals surface area contributed by atoms with Gasteiger partial charge in [0, 0.05) is 9.64 Å². The van der Waals surface area contributed by atoms with Crippen molar-refractivity contribution in [2.75, 3.05) is 6.26 Å². The van der Waals surface area contributed by atoms with E-state index in [9.17, 15) is 4.79 Å². The summed E-state index contributed by atoms with van der Waals surface area (Å²) >= 11 is 9.10. The lowest BCUT2D eigenvalue weighted by molar-refractivity contribution is -0.111. The minimum Gasteiger partial charge on any atom is -0.322 e. The van der Waals surface area contributed by atoms with Crippen LogP contribution in [0.15, 0.2) is 29.2 Å². The molecule has 2 nitrogen and oxygen atoms in total. The highest BCUT2D eigenvalue weighted by Crippen LogP contribution is 2.31. The maximum Gasteiger partial charge on any atom is 0.209 e. The summed E-state index contributed by atoms with van der Waals surface area (Å²) in [4.78, 5) is 13.2. The Hall–Kier alpha value is -0.160. The summed E-state index contributed by atoms with van der Waals surface area (Å²) in [5.41, 5.74) is 6.97. The molecule has 106 valence electrons. The van der Waals surface area contributed by atoms with E-state index in [1.807, 2.05) is 51.3 Å². The van der Waals surface area contributed by atoms with Gasteiger partial charge in [-0.1, -0.05) is 44.7 Å². The Morgan fingerprint density at radius 2 is 1.79 bits per heavy atom. The van der Waals surface area contributed by atoms with E-state index >= 15 is 0 Å². The van der Waals surface area contributed by atoms with Crippen LogP contribution in [0, 0.1) is 0 Å². The largest absolute Gasteiger partial charge is 0.322 e. The topological polar surface area (TPSA) is 43.1 Å². The lowest BCUT2D eigenvalue weighted by atomic mass is 10.1. The van der Waals surface area contributed by atoms with Crippen LogP contribution in [0.5, 0.6) is 0 Å². The molecule has 0 amide bonds. The smallest absolute Gasteiger partial charge is 0.209 e. The number of carbonyl (C=O) groups is 1. The summed E-state index contributed by atoms with van der Waals surface area (Å²) in [6.45, 7) is 5.95. The number of rotatable bonds is 4. The van der Waals surface area contributed by atoms with E-state index in [1.54, 1.807) is 11.8 Å². The van der Waals surface area contributed by atoms with Crippen molar-refractivity contribution in [1.82, 2.24) is 0 Å². The number of carbonyl (C=O) groups excluding carboxylic acids is 1. The van der Waals surface area contributed by atoms with Gasteiger partial charge in [-0.05, 0) is 24.0 Å². The molecule has 1 aromatic carbocycles. The van der Waals surface area contributed by atoms with Crippen LogP contribution in [0.1, 0.15) is 32.4 Å². The summed E-state index contributed by atoms with van der Waals surface area (Å²) in [7, 11) is 0. The molecule has 0 heterocycles. The van der Waals surface area contributed by atoms with Gasteiger partial charge in [0.15, 0.2) is 0 Å². The average Bonchev–Trinajstić information content (AvgIpc) is 2.35. The molecule has 1 aromatic rings. The Balaban J connectivity index is 2.75. The molecule has 5 heteroatoms. The van der Waals surface area contributed by atoms with E-state index in [0.29, 0.717) is 0 Å². The zero-order valence-corrected chi connectivity index (χ0v) is 14.0. The normalized spacial score (nSPS) is 15.1. The van der Waals surface area contributed by atoms with Crippen LogP contribution in [-0.4, -0.2) is 21.5 Å². The SMILES string of the molecule is CSc1ccc([C@H](N)[C@H](Cl)C(=O)SC(C)(C)C)cc1. The molecule has 19 heavy (non-hydrogen) atoms. The second-order valence-electron chi connectivity index (χ2n) is 5.23. The molecule has 0 radical (unpaired) electrons. The maximum atomic E-state index is 12.0. The second-order valence-corrected chi connectivity index (χ2v) is 8.42. The molecule has 0 aliphatic heterocycles. The Morgan fingerprint density at radius 1 is 1.26 bits per heavy atom. The molecule has 0 aliphatic rings. The van der Waals surface area contributed by atoms with E-state index in [0.717, 1.165) is 10.5 Å². The van der Waals surface area contributed by atoms with Gasteiger partial charge in [-0.3, -0.25) is 4.79 Å². The monoisotopic (exact) mass is 317 g/mol. The highest BCUT2D eigenvalue weighted by molar-refractivity contribution is 8.15. The maximum absolute atomic E-state index is 12.0. The fourth-order valence-electron chi connectivity index (χ4n) is 1.50. The van der Waals surface area contributed by atoms with Gasteiger partial charge in [-0.2, -0.15) is 0 Å². The van der Waals surface area contributed by atoms with E-state index in [4.69, 9.17) is 17.3 Å². The summed E-state index contributed by atoms with van der Waals surface area (Å²) in [6, 6.07) is 7.37. The zero-order chi connectivity index (χ0) is 14.6. The third-order valence-electron chi connectivity index (χ3n) is 2.45. The van der Waals surface area contributed by atoms with Gasteiger partial charge >= 0.3 is 0 Å². The first-order valence-electron chi connectivity index (χ1n) is 6.01. The summed E-state index contributed by atoms with van der Waals surface area (Å²) in [6.07, 6.45) is 2.02. The van der Waals surface area contributed by atoms with Gasteiger partial charge in [0.25, 0.3) is 0 Å². The Labute approximate surface area is 128 Å². The molecular formula is C14H20ClNOS2. The molecule has 0 aromatic heterocycles. The number of hydrogen-bond acceptors (Lipinski definition) is 4. The fraction of sp³-hybridized carbons (Fsp3) is 0.500. The molecule has 0 saturated carbocycles. The molecule has 0 bridgehead atoms. The van der Waals surface area contributed by atoms with Crippen molar-refractivity contribution in [2.24, 2.45) is 5.73 Å². The highest BCUT2D eigenvalue weighted by atomic mass is 35.5. The van der Waals surface area contributed by atoms with Crippen molar-refractivity contribution >= 4 is 40.2 Å². The molecule has 2 N–H and O–H groups in total. The van der Waals surface area contributed by atoms with Gasteiger partial charge < -0.3 is 5.73 Å². The van der Waals surface area contributed by atoms with Crippen molar-refractivity contribution < 1.29 is 4.79 Å². The first-order chi connectivity index (χ1) is 8.74. The van der Waals surface area contributed by atoms with Gasteiger partial charge in [-0.15, -0.1) is 23.4 Å². The van der Waals surface area contributed by atoms with Crippen LogP contribution < -0.4 is 5.73 Å². The molecule has 0 unspecified atom stereocenters. The molecule has 0 aliphatic carbocycles. The lowest BCUT2D eigenvalue weighted by Gasteiger charge is -2.22. The number of nitrogens with two attached hydrogens (primary N) is 1. The van der Waals surface area contributed by atoms with Crippen LogP contribution in [-0.2, 0) is 4.79 Å². The number of benzene rings is 1. The lowest BCUT2D eigenvalue weighted by Crippen LogP contribution is -2.29.